The summed E-state index contributed by atoms with van der Waals surface area (Å²) in [5, 5.41) is 11.6. The lowest BCUT2D eigenvalue weighted by molar-refractivity contribution is -0.147. The smallest absolute Gasteiger partial charge is 0.407 e. The molecule has 9 heteroatoms. The number of rotatable bonds is 7. The van der Waals surface area contributed by atoms with Crippen molar-refractivity contribution in [1.82, 2.24) is 10.2 Å². The van der Waals surface area contributed by atoms with Gasteiger partial charge in [-0.05, 0) is 35.6 Å². The molecule has 180 valence electrons. The van der Waals surface area contributed by atoms with Crippen LogP contribution in [0.5, 0.6) is 0 Å². The van der Waals surface area contributed by atoms with E-state index >= 15 is 0 Å². The van der Waals surface area contributed by atoms with Crippen molar-refractivity contribution in [3.05, 3.63) is 59.7 Å². The largest absolute Gasteiger partial charge is 0.481 e. The first kappa shape index (κ1) is 23.7. The number of alkyl halides is 2. The molecule has 1 aliphatic carbocycles. The number of alkyl carbamates (subject to hydrolysis) is 1. The van der Waals surface area contributed by atoms with Gasteiger partial charge in [-0.1, -0.05) is 48.5 Å². The second kappa shape index (κ2) is 9.40. The molecule has 2 unspecified atom stereocenters. The predicted molar refractivity (Wildman–Crippen MR) is 120 cm³/mol. The second-order valence-electron chi connectivity index (χ2n) is 9.02. The van der Waals surface area contributed by atoms with Crippen molar-refractivity contribution in [2.24, 2.45) is 5.41 Å². The summed E-state index contributed by atoms with van der Waals surface area (Å²) in [6.07, 6.45) is -4.48. The van der Waals surface area contributed by atoms with E-state index in [1.807, 2.05) is 48.5 Å². The van der Waals surface area contributed by atoms with Gasteiger partial charge in [0.05, 0.1) is 5.41 Å². The number of aliphatic carboxylic acids is 1. The Morgan fingerprint density at radius 2 is 1.71 bits per heavy atom. The zero-order valence-corrected chi connectivity index (χ0v) is 18.7. The van der Waals surface area contributed by atoms with E-state index in [1.165, 1.54) is 11.8 Å². The molecule has 0 aromatic heterocycles. The van der Waals surface area contributed by atoms with Gasteiger partial charge in [0, 0.05) is 25.4 Å². The maximum atomic E-state index is 13.2. The van der Waals surface area contributed by atoms with E-state index in [9.17, 15) is 28.3 Å². The van der Waals surface area contributed by atoms with Crippen LogP contribution >= 0.6 is 0 Å². The van der Waals surface area contributed by atoms with E-state index in [0.29, 0.717) is 0 Å². The van der Waals surface area contributed by atoms with Gasteiger partial charge in [0.2, 0.25) is 12.3 Å². The SMILES string of the molecule is CC1(C(=O)O)CCN(C(=O)C(CC(F)F)NC(=O)OCC2c3ccccc3-c3ccccc32)C1. The molecule has 1 saturated heterocycles. The van der Waals surface area contributed by atoms with Gasteiger partial charge in [0.25, 0.3) is 0 Å². The molecule has 1 heterocycles. The molecule has 2 N–H and O–H groups in total. The Morgan fingerprint density at radius 1 is 1.12 bits per heavy atom. The Kier molecular flexibility index (Phi) is 6.54. The lowest BCUT2D eigenvalue weighted by Gasteiger charge is -2.25. The second-order valence-corrected chi connectivity index (χ2v) is 9.02. The average Bonchev–Trinajstić information content (AvgIpc) is 3.36. The zero-order valence-electron chi connectivity index (χ0n) is 18.7. The fourth-order valence-corrected chi connectivity index (χ4v) is 4.73. The number of amides is 2. The predicted octanol–water partition coefficient (Wildman–Crippen LogP) is 3.87. The Balaban J connectivity index is 1.42. The van der Waals surface area contributed by atoms with Crippen LogP contribution in [0.15, 0.2) is 48.5 Å². The van der Waals surface area contributed by atoms with Gasteiger partial charge in [0.15, 0.2) is 0 Å². The summed E-state index contributed by atoms with van der Waals surface area (Å²) >= 11 is 0. The molecule has 0 saturated carbocycles. The molecule has 1 fully saturated rings. The summed E-state index contributed by atoms with van der Waals surface area (Å²) in [7, 11) is 0. The molecule has 2 aromatic carbocycles. The molecule has 34 heavy (non-hydrogen) atoms. The average molecular weight is 472 g/mol. The summed E-state index contributed by atoms with van der Waals surface area (Å²) < 4.78 is 31.7. The van der Waals surface area contributed by atoms with Gasteiger partial charge < -0.3 is 20.1 Å². The molecule has 0 spiro atoms. The number of nitrogens with one attached hydrogen (secondary N) is 1. The highest BCUT2D eigenvalue weighted by molar-refractivity contribution is 5.87. The van der Waals surface area contributed by atoms with Crippen molar-refractivity contribution >= 4 is 18.0 Å². The van der Waals surface area contributed by atoms with E-state index in [-0.39, 0.29) is 32.0 Å². The number of carbonyl (C=O) groups is 3. The molecular weight excluding hydrogens is 446 g/mol. The van der Waals surface area contributed by atoms with Crippen molar-refractivity contribution in [1.29, 1.82) is 0 Å². The molecule has 4 rings (SSSR count). The van der Waals surface area contributed by atoms with Crippen LogP contribution in [-0.2, 0) is 14.3 Å². The summed E-state index contributed by atoms with van der Waals surface area (Å²) in [6.45, 7) is 1.50. The topological polar surface area (TPSA) is 95.9 Å². The molecule has 2 aromatic rings. The van der Waals surface area contributed by atoms with Gasteiger partial charge in [-0.2, -0.15) is 0 Å². The minimum absolute atomic E-state index is 0.0176. The third kappa shape index (κ3) is 4.60. The molecule has 0 bridgehead atoms. The number of carboxylic acids is 1. The minimum atomic E-state index is -2.84. The van der Waals surface area contributed by atoms with Crippen LogP contribution in [0.1, 0.15) is 36.8 Å². The molecular formula is C25H26F2N2O5. The number of fused-ring (bicyclic) bond motifs is 3. The van der Waals surface area contributed by atoms with Crippen LogP contribution < -0.4 is 5.32 Å². The van der Waals surface area contributed by atoms with Crippen molar-refractivity contribution in [3.63, 3.8) is 0 Å². The van der Waals surface area contributed by atoms with Crippen LogP contribution in [0.3, 0.4) is 0 Å². The number of carbonyl (C=O) groups excluding carboxylic acids is 2. The van der Waals surface area contributed by atoms with E-state index in [0.717, 1.165) is 22.3 Å². The van der Waals surface area contributed by atoms with Gasteiger partial charge in [-0.15, -0.1) is 0 Å². The summed E-state index contributed by atoms with van der Waals surface area (Å²) in [5.41, 5.74) is 2.96. The minimum Gasteiger partial charge on any atom is -0.481 e. The number of hydrogen-bond donors (Lipinski definition) is 2. The first-order valence-electron chi connectivity index (χ1n) is 11.1. The standard InChI is InChI=1S/C25H26F2N2O5/c1-25(23(31)32)10-11-29(14-25)22(30)20(12-21(26)27)28-24(33)34-13-19-17-8-4-2-6-15(17)16-7-3-5-9-18(16)19/h2-9,19-21H,10-14H2,1H3,(H,28,33)(H,31,32). The Morgan fingerprint density at radius 3 is 2.24 bits per heavy atom. The first-order valence-corrected chi connectivity index (χ1v) is 11.1. The highest BCUT2D eigenvalue weighted by Crippen LogP contribution is 2.44. The number of likely N-dealkylation sites (tertiary alicyclic amines) is 1. The van der Waals surface area contributed by atoms with Gasteiger partial charge >= 0.3 is 12.1 Å². The monoisotopic (exact) mass is 472 g/mol. The van der Waals surface area contributed by atoms with Gasteiger partial charge in [-0.3, -0.25) is 9.59 Å². The molecule has 2 aliphatic rings. The highest BCUT2D eigenvalue weighted by Gasteiger charge is 2.44. The van der Waals surface area contributed by atoms with E-state index in [4.69, 9.17) is 4.74 Å². The summed E-state index contributed by atoms with van der Waals surface area (Å²) in [4.78, 5) is 38.0. The number of benzene rings is 2. The van der Waals surface area contributed by atoms with Crippen molar-refractivity contribution in [2.75, 3.05) is 19.7 Å². The Bertz CT molecular complexity index is 1060. The van der Waals surface area contributed by atoms with Gasteiger partial charge in [0.1, 0.15) is 12.6 Å². The molecule has 1 aliphatic heterocycles. The quantitative estimate of drug-likeness (QED) is 0.638. The third-order valence-corrected chi connectivity index (χ3v) is 6.65. The number of hydrogen-bond acceptors (Lipinski definition) is 4. The number of halogens is 2. The maximum absolute atomic E-state index is 13.2. The lowest BCUT2D eigenvalue weighted by Crippen LogP contribution is -2.49. The van der Waals surface area contributed by atoms with Crippen molar-refractivity contribution < 1.29 is 33.0 Å². The van der Waals surface area contributed by atoms with Crippen LogP contribution in [0, 0.1) is 5.41 Å². The van der Waals surface area contributed by atoms with Crippen molar-refractivity contribution in [3.8, 4) is 11.1 Å². The normalized spacial score (nSPS) is 20.1. The van der Waals surface area contributed by atoms with Crippen molar-refractivity contribution in [2.45, 2.75) is 38.2 Å². The first-order chi connectivity index (χ1) is 16.2. The summed E-state index contributed by atoms with van der Waals surface area (Å²) in [5.74, 6) is -2.01. The third-order valence-electron chi connectivity index (χ3n) is 6.65. The number of nitrogens with zero attached hydrogens (tertiary/aromatic N) is 1. The lowest BCUT2D eigenvalue weighted by atomic mass is 9.90. The van der Waals surface area contributed by atoms with E-state index in [2.05, 4.69) is 5.32 Å². The molecule has 2 atom stereocenters. The maximum Gasteiger partial charge on any atom is 0.407 e. The van der Waals surface area contributed by atoms with E-state index < -0.39 is 42.3 Å². The fraction of sp³-hybridized carbons (Fsp3) is 0.400. The van der Waals surface area contributed by atoms with Crippen LogP contribution in [0.2, 0.25) is 0 Å². The molecule has 0 radical (unpaired) electrons. The fourth-order valence-electron chi connectivity index (χ4n) is 4.73. The molecule has 2 amide bonds. The Hall–Kier alpha value is -3.49. The Labute approximate surface area is 195 Å². The van der Waals surface area contributed by atoms with E-state index in [1.54, 1.807) is 0 Å². The van der Waals surface area contributed by atoms with Gasteiger partial charge in [-0.25, -0.2) is 13.6 Å². The summed E-state index contributed by atoms with van der Waals surface area (Å²) in [6, 6.07) is 14.0. The van der Waals surface area contributed by atoms with Crippen LogP contribution in [0.4, 0.5) is 13.6 Å². The number of ether oxygens (including phenoxy) is 1. The van der Waals surface area contributed by atoms with Crippen LogP contribution in [0.25, 0.3) is 11.1 Å². The molecule has 7 nitrogen and oxygen atoms in total. The number of carboxylic acid groups (broad SMARTS) is 1. The zero-order chi connectivity index (χ0) is 24.5. The van der Waals surface area contributed by atoms with Crippen LogP contribution in [-0.4, -0.2) is 60.1 Å². The highest BCUT2D eigenvalue weighted by atomic mass is 19.3.